The van der Waals surface area contributed by atoms with Crippen molar-refractivity contribution in [2.45, 2.75) is 13.1 Å². The molecule has 0 saturated carbocycles. The van der Waals surface area contributed by atoms with Crippen LogP contribution in [0.15, 0.2) is 48.5 Å². The lowest BCUT2D eigenvalue weighted by molar-refractivity contribution is 0.318. The summed E-state index contributed by atoms with van der Waals surface area (Å²) in [6.07, 6.45) is 0. The van der Waals surface area contributed by atoms with Gasteiger partial charge in [0.2, 0.25) is 0 Å². The summed E-state index contributed by atoms with van der Waals surface area (Å²) < 4.78 is 13.3. The number of benzene rings is 2. The van der Waals surface area contributed by atoms with Gasteiger partial charge >= 0.3 is 0 Å². The molecule has 18 heavy (non-hydrogen) atoms. The quantitative estimate of drug-likeness (QED) is 0.739. The monoisotopic (exact) mass is 239 g/mol. The van der Waals surface area contributed by atoms with Gasteiger partial charge in [0.25, 0.3) is 0 Å². The van der Waals surface area contributed by atoms with Crippen LogP contribution in [-0.4, -0.2) is 19.8 Å². The second-order valence-corrected chi connectivity index (χ2v) is 4.51. The first-order valence-corrected chi connectivity index (χ1v) is 5.91. The molecule has 0 aliphatic rings. The summed E-state index contributed by atoms with van der Waals surface area (Å²) in [5.74, 6) is -0.347. The molecular formula is C15H15BFN. The van der Waals surface area contributed by atoms with E-state index in [4.69, 9.17) is 7.85 Å². The lowest BCUT2D eigenvalue weighted by atomic mass is 9.94. The Morgan fingerprint density at radius 2 is 1.67 bits per heavy atom. The zero-order valence-electron chi connectivity index (χ0n) is 10.4. The molecule has 90 valence electrons. The summed E-state index contributed by atoms with van der Waals surface area (Å²) in [4.78, 5) is 2.14. The molecule has 3 heteroatoms. The average Bonchev–Trinajstić information content (AvgIpc) is 2.35. The molecule has 0 heterocycles. The fourth-order valence-corrected chi connectivity index (χ4v) is 1.93. The third-order valence-corrected chi connectivity index (χ3v) is 2.81. The topological polar surface area (TPSA) is 3.24 Å². The van der Waals surface area contributed by atoms with Gasteiger partial charge in [-0.2, -0.15) is 0 Å². The van der Waals surface area contributed by atoms with Crippen molar-refractivity contribution >= 4 is 13.3 Å². The number of halogens is 1. The van der Waals surface area contributed by atoms with E-state index in [0.29, 0.717) is 6.54 Å². The van der Waals surface area contributed by atoms with Crippen molar-refractivity contribution in [3.8, 4) is 0 Å². The van der Waals surface area contributed by atoms with Crippen molar-refractivity contribution < 1.29 is 4.39 Å². The minimum Gasteiger partial charge on any atom is -0.298 e. The Kier molecular flexibility index (Phi) is 4.16. The van der Waals surface area contributed by atoms with Crippen LogP contribution < -0.4 is 5.46 Å². The highest BCUT2D eigenvalue weighted by molar-refractivity contribution is 6.32. The van der Waals surface area contributed by atoms with Crippen molar-refractivity contribution in [1.82, 2.24) is 4.90 Å². The fraction of sp³-hybridized carbons (Fsp3) is 0.200. The Morgan fingerprint density at radius 3 is 2.33 bits per heavy atom. The van der Waals surface area contributed by atoms with E-state index in [9.17, 15) is 4.39 Å². The van der Waals surface area contributed by atoms with Gasteiger partial charge in [-0.05, 0) is 24.2 Å². The van der Waals surface area contributed by atoms with Crippen LogP contribution in [0.3, 0.4) is 0 Å². The molecule has 2 radical (unpaired) electrons. The minimum atomic E-state index is -0.347. The average molecular weight is 239 g/mol. The molecule has 0 N–H and O–H groups in total. The van der Waals surface area contributed by atoms with E-state index in [-0.39, 0.29) is 11.3 Å². The minimum absolute atomic E-state index is 0.199. The zero-order chi connectivity index (χ0) is 13.0. The standard InChI is InChI=1S/C15H15BFN/c1-18(10-12-5-3-2-4-6-12)11-13-7-8-14(16)15(17)9-13/h2-9H,10-11H2,1H3. The molecule has 0 atom stereocenters. The Bertz CT molecular complexity index is 513. The lowest BCUT2D eigenvalue weighted by Gasteiger charge is -2.17. The molecule has 1 nitrogen and oxygen atoms in total. The lowest BCUT2D eigenvalue weighted by Crippen LogP contribution is -2.18. The van der Waals surface area contributed by atoms with Gasteiger partial charge in [0, 0.05) is 13.1 Å². The third kappa shape index (κ3) is 3.44. The first-order chi connectivity index (χ1) is 8.65. The smallest absolute Gasteiger partial charge is 0.117 e. The van der Waals surface area contributed by atoms with Gasteiger partial charge in [-0.1, -0.05) is 47.9 Å². The van der Waals surface area contributed by atoms with Gasteiger partial charge in [-0.3, -0.25) is 4.90 Å². The molecule has 0 unspecified atom stereocenters. The van der Waals surface area contributed by atoms with Crippen molar-refractivity contribution in [2.24, 2.45) is 0 Å². The Labute approximate surface area is 109 Å². The van der Waals surface area contributed by atoms with Crippen molar-refractivity contribution in [3.05, 3.63) is 65.5 Å². The van der Waals surface area contributed by atoms with Crippen LogP contribution in [0.25, 0.3) is 0 Å². The molecule has 2 aromatic rings. The molecule has 0 amide bonds. The van der Waals surface area contributed by atoms with Crippen LogP contribution in [0.2, 0.25) is 0 Å². The van der Waals surface area contributed by atoms with Crippen LogP contribution in [0.4, 0.5) is 4.39 Å². The van der Waals surface area contributed by atoms with Gasteiger partial charge in [0.15, 0.2) is 0 Å². The molecular weight excluding hydrogens is 224 g/mol. The van der Waals surface area contributed by atoms with E-state index in [1.54, 1.807) is 6.07 Å². The van der Waals surface area contributed by atoms with Gasteiger partial charge in [0.1, 0.15) is 13.7 Å². The van der Waals surface area contributed by atoms with E-state index in [1.807, 2.05) is 31.3 Å². The van der Waals surface area contributed by atoms with Crippen LogP contribution >= 0.6 is 0 Å². The Morgan fingerprint density at radius 1 is 1.00 bits per heavy atom. The third-order valence-electron chi connectivity index (χ3n) is 2.81. The molecule has 0 aromatic heterocycles. The number of rotatable bonds is 4. The maximum atomic E-state index is 13.3. The maximum absolute atomic E-state index is 13.3. The van der Waals surface area contributed by atoms with Gasteiger partial charge in [-0.15, -0.1) is 0 Å². The van der Waals surface area contributed by atoms with Crippen molar-refractivity contribution in [3.63, 3.8) is 0 Å². The fourth-order valence-electron chi connectivity index (χ4n) is 1.93. The zero-order valence-corrected chi connectivity index (χ0v) is 10.4. The number of hydrogen-bond acceptors (Lipinski definition) is 1. The van der Waals surface area contributed by atoms with Gasteiger partial charge in [-0.25, -0.2) is 4.39 Å². The first kappa shape index (κ1) is 12.8. The predicted octanol–water partition coefficient (Wildman–Crippen LogP) is 2.25. The van der Waals surface area contributed by atoms with Crippen LogP contribution in [0.5, 0.6) is 0 Å². The molecule has 0 saturated heterocycles. The van der Waals surface area contributed by atoms with E-state index in [1.165, 1.54) is 11.6 Å². The molecule has 2 aromatic carbocycles. The highest BCUT2D eigenvalue weighted by atomic mass is 19.1. The molecule has 0 aliphatic heterocycles. The van der Waals surface area contributed by atoms with E-state index < -0.39 is 0 Å². The summed E-state index contributed by atoms with van der Waals surface area (Å²) in [6.45, 7) is 1.54. The van der Waals surface area contributed by atoms with Crippen LogP contribution in [0, 0.1) is 5.82 Å². The first-order valence-electron chi connectivity index (χ1n) is 5.91. The number of hydrogen-bond donors (Lipinski definition) is 0. The van der Waals surface area contributed by atoms with Crippen LogP contribution in [0.1, 0.15) is 11.1 Å². The highest BCUT2D eigenvalue weighted by Crippen LogP contribution is 2.08. The molecule has 0 fully saturated rings. The largest absolute Gasteiger partial charge is 0.298 e. The summed E-state index contributed by atoms with van der Waals surface area (Å²) in [7, 11) is 7.47. The molecule has 0 bridgehead atoms. The molecule has 2 rings (SSSR count). The Hall–Kier alpha value is -1.61. The molecule has 0 aliphatic carbocycles. The summed E-state index contributed by atoms with van der Waals surface area (Å²) >= 11 is 0. The van der Waals surface area contributed by atoms with Gasteiger partial charge in [0.05, 0.1) is 0 Å². The highest BCUT2D eigenvalue weighted by Gasteiger charge is 2.03. The maximum Gasteiger partial charge on any atom is 0.117 e. The van der Waals surface area contributed by atoms with Crippen LogP contribution in [-0.2, 0) is 13.1 Å². The number of nitrogens with zero attached hydrogens (tertiary/aromatic N) is 1. The van der Waals surface area contributed by atoms with E-state index >= 15 is 0 Å². The summed E-state index contributed by atoms with van der Waals surface area (Å²) in [5, 5.41) is 0. The van der Waals surface area contributed by atoms with Crippen molar-refractivity contribution in [2.75, 3.05) is 7.05 Å². The second-order valence-electron chi connectivity index (χ2n) is 4.51. The van der Waals surface area contributed by atoms with Crippen molar-refractivity contribution in [1.29, 1.82) is 0 Å². The molecule has 0 spiro atoms. The Balaban J connectivity index is 1.99. The SMILES string of the molecule is [B]c1ccc(CN(C)Cc2ccccc2)cc1F. The normalized spacial score (nSPS) is 10.8. The predicted molar refractivity (Wildman–Crippen MR) is 73.4 cm³/mol. The van der Waals surface area contributed by atoms with E-state index in [0.717, 1.165) is 12.1 Å². The summed E-state index contributed by atoms with van der Waals surface area (Å²) in [5.41, 5.74) is 2.38. The second kappa shape index (κ2) is 5.83. The summed E-state index contributed by atoms with van der Waals surface area (Å²) in [6, 6.07) is 15.2. The van der Waals surface area contributed by atoms with Gasteiger partial charge < -0.3 is 0 Å². The van der Waals surface area contributed by atoms with E-state index in [2.05, 4.69) is 17.0 Å².